The first-order valence-electron chi connectivity index (χ1n) is 15.6. The highest BCUT2D eigenvalue weighted by Gasteiger charge is 2.30. The van der Waals surface area contributed by atoms with E-state index >= 15 is 0 Å². The summed E-state index contributed by atoms with van der Waals surface area (Å²) in [6.45, 7) is 11.2. The van der Waals surface area contributed by atoms with Gasteiger partial charge < -0.3 is 29.9 Å². The van der Waals surface area contributed by atoms with Gasteiger partial charge in [0.25, 0.3) is 0 Å². The van der Waals surface area contributed by atoms with Crippen molar-refractivity contribution in [3.05, 3.63) is 95.6 Å². The molecule has 10 nitrogen and oxygen atoms in total. The lowest BCUT2D eigenvalue weighted by Gasteiger charge is -2.37. The second-order valence-electron chi connectivity index (χ2n) is 12.7. The maximum absolute atomic E-state index is 13.9. The predicted octanol–water partition coefficient (Wildman–Crippen LogP) is 6.25. The molecule has 1 atom stereocenters. The molecule has 46 heavy (non-hydrogen) atoms. The summed E-state index contributed by atoms with van der Waals surface area (Å²) < 4.78 is 11.0. The molecule has 3 aromatic rings. The van der Waals surface area contributed by atoms with Crippen molar-refractivity contribution in [2.24, 2.45) is 5.92 Å². The normalized spacial score (nSPS) is 14.0. The first-order chi connectivity index (χ1) is 21.9. The highest BCUT2D eigenvalue weighted by atomic mass is 16.6. The highest BCUT2D eigenvalue weighted by molar-refractivity contribution is 6.16. The zero-order chi connectivity index (χ0) is 33.3. The Kier molecular flexibility index (Phi) is 11.4. The smallest absolute Gasteiger partial charge is 0.410 e. The molecule has 3 amide bonds. The lowest BCUT2D eigenvalue weighted by molar-refractivity contribution is -0.118. The number of benzene rings is 3. The van der Waals surface area contributed by atoms with Crippen LogP contribution in [0.25, 0.3) is 0 Å². The molecule has 244 valence electrons. The van der Waals surface area contributed by atoms with Crippen LogP contribution in [-0.4, -0.2) is 66.6 Å². The molecule has 0 radical (unpaired) electrons. The Bertz CT molecular complexity index is 1500. The number of nitrogens with zero attached hydrogens (tertiary/aromatic N) is 2. The molecule has 1 saturated heterocycles. The van der Waals surface area contributed by atoms with E-state index in [9.17, 15) is 19.2 Å². The fourth-order valence-electron chi connectivity index (χ4n) is 5.15. The summed E-state index contributed by atoms with van der Waals surface area (Å²) in [6.07, 6.45) is -0.738. The molecule has 0 saturated carbocycles. The molecular formula is C36H44N4O6. The van der Waals surface area contributed by atoms with E-state index in [1.165, 1.54) is 0 Å². The van der Waals surface area contributed by atoms with Gasteiger partial charge in [-0.1, -0.05) is 80.6 Å². The molecule has 10 heteroatoms. The quantitative estimate of drug-likeness (QED) is 0.255. The Hall–Kier alpha value is -4.86. The van der Waals surface area contributed by atoms with Crippen molar-refractivity contribution in [1.29, 1.82) is 0 Å². The largest absolute Gasteiger partial charge is 0.445 e. The molecule has 0 unspecified atom stereocenters. The first-order valence-corrected chi connectivity index (χ1v) is 15.6. The van der Waals surface area contributed by atoms with Gasteiger partial charge in [0.15, 0.2) is 5.78 Å². The van der Waals surface area contributed by atoms with E-state index < -0.39 is 23.6 Å². The van der Waals surface area contributed by atoms with Crippen molar-refractivity contribution in [3.63, 3.8) is 0 Å². The lowest BCUT2D eigenvalue weighted by atomic mass is 9.99. The number of ether oxygens (including phenoxy) is 2. The Morgan fingerprint density at radius 3 is 2.07 bits per heavy atom. The van der Waals surface area contributed by atoms with Crippen molar-refractivity contribution < 1.29 is 28.7 Å². The molecule has 0 aromatic heterocycles. The number of alkyl carbamates (subject to hydrolysis) is 1. The Morgan fingerprint density at radius 1 is 0.826 bits per heavy atom. The van der Waals surface area contributed by atoms with Crippen LogP contribution in [-0.2, 0) is 20.9 Å². The molecule has 3 aromatic carbocycles. The minimum absolute atomic E-state index is 0.0660. The fourth-order valence-corrected chi connectivity index (χ4v) is 5.15. The van der Waals surface area contributed by atoms with Gasteiger partial charge in [0.1, 0.15) is 18.2 Å². The van der Waals surface area contributed by atoms with Gasteiger partial charge in [-0.05, 0) is 50.8 Å². The number of hydrogen-bond donors (Lipinski definition) is 2. The molecule has 1 fully saturated rings. The number of carbonyl (C=O) groups excluding carboxylic acids is 4. The maximum atomic E-state index is 13.9. The van der Waals surface area contributed by atoms with Crippen LogP contribution >= 0.6 is 0 Å². The van der Waals surface area contributed by atoms with Crippen molar-refractivity contribution in [2.75, 3.05) is 36.4 Å². The fraction of sp³-hybridized carbons (Fsp3) is 0.389. The molecule has 0 aliphatic carbocycles. The van der Waals surface area contributed by atoms with Gasteiger partial charge in [0, 0.05) is 37.3 Å². The van der Waals surface area contributed by atoms with Crippen molar-refractivity contribution in [2.45, 2.75) is 59.3 Å². The minimum Gasteiger partial charge on any atom is -0.445 e. The number of hydrogen-bond acceptors (Lipinski definition) is 7. The van der Waals surface area contributed by atoms with Gasteiger partial charge in [0.05, 0.1) is 11.4 Å². The molecule has 4 rings (SSSR count). The summed E-state index contributed by atoms with van der Waals surface area (Å²) in [5, 5.41) is 5.72. The number of carbonyl (C=O) groups is 4. The van der Waals surface area contributed by atoms with Crippen LogP contribution in [0, 0.1) is 5.92 Å². The summed E-state index contributed by atoms with van der Waals surface area (Å²) >= 11 is 0. The van der Waals surface area contributed by atoms with Gasteiger partial charge in [-0.3, -0.25) is 9.59 Å². The molecule has 1 heterocycles. The highest BCUT2D eigenvalue weighted by Crippen LogP contribution is 2.33. The van der Waals surface area contributed by atoms with E-state index in [0.717, 1.165) is 5.56 Å². The van der Waals surface area contributed by atoms with Gasteiger partial charge in [-0.2, -0.15) is 0 Å². The summed E-state index contributed by atoms with van der Waals surface area (Å²) in [7, 11) is 0. The topological polar surface area (TPSA) is 117 Å². The molecular weight excluding hydrogens is 584 g/mol. The third kappa shape index (κ3) is 9.57. The molecule has 0 spiro atoms. The van der Waals surface area contributed by atoms with E-state index in [4.69, 9.17) is 9.47 Å². The second kappa shape index (κ2) is 15.4. The summed E-state index contributed by atoms with van der Waals surface area (Å²) in [5.41, 5.74) is 2.01. The van der Waals surface area contributed by atoms with E-state index in [1.807, 2.05) is 82.0 Å². The third-order valence-electron chi connectivity index (χ3n) is 7.37. The van der Waals surface area contributed by atoms with E-state index in [-0.39, 0.29) is 24.4 Å². The number of nitrogens with one attached hydrogen (secondary N) is 2. The van der Waals surface area contributed by atoms with Crippen LogP contribution in [0.4, 0.5) is 21.0 Å². The zero-order valence-electron chi connectivity index (χ0n) is 27.2. The average Bonchev–Trinajstić information content (AvgIpc) is 3.03. The molecule has 2 N–H and O–H groups in total. The van der Waals surface area contributed by atoms with Crippen LogP contribution in [0.1, 0.15) is 62.5 Å². The maximum Gasteiger partial charge on any atom is 0.410 e. The van der Waals surface area contributed by atoms with E-state index in [2.05, 4.69) is 10.6 Å². The number of anilines is 2. The SMILES string of the molecule is CC(C)C[C@H](NC(=O)OCc1ccccc1)C(=O)Nc1c(C(=O)c2ccccc2)cccc1N1CCN(C(=O)OC(C)(C)C)CC1. The zero-order valence-corrected chi connectivity index (χ0v) is 27.2. The Balaban J connectivity index is 1.58. The number of ketones is 1. The van der Waals surface area contributed by atoms with E-state index in [0.29, 0.717) is 55.1 Å². The molecule has 0 bridgehead atoms. The van der Waals surface area contributed by atoms with Crippen LogP contribution < -0.4 is 15.5 Å². The van der Waals surface area contributed by atoms with Crippen LogP contribution in [0.15, 0.2) is 78.9 Å². The third-order valence-corrected chi connectivity index (χ3v) is 7.37. The van der Waals surface area contributed by atoms with Crippen LogP contribution in [0.2, 0.25) is 0 Å². The average molecular weight is 629 g/mol. The number of para-hydroxylation sites is 1. The standard InChI is InChI=1S/C36H44N4O6/c1-25(2)23-29(37-34(43)45-24-26-13-8-6-9-14-26)33(42)38-31-28(32(41)27-15-10-7-11-16-27)17-12-18-30(31)39-19-21-40(22-20-39)35(44)46-36(3,4)5/h6-18,25,29H,19-24H2,1-5H3,(H,37,43)(H,38,42)/t29-/m0/s1. The summed E-state index contributed by atoms with van der Waals surface area (Å²) in [6, 6.07) is 22.5. The lowest BCUT2D eigenvalue weighted by Crippen LogP contribution is -2.50. The first kappa shape index (κ1) is 34.0. The van der Waals surface area contributed by atoms with Gasteiger partial charge in [0.2, 0.25) is 5.91 Å². The number of rotatable bonds is 10. The number of amides is 3. The molecule has 1 aliphatic rings. The summed E-state index contributed by atoms with van der Waals surface area (Å²) in [5.74, 6) is -0.639. The predicted molar refractivity (Wildman–Crippen MR) is 178 cm³/mol. The van der Waals surface area contributed by atoms with E-state index in [1.54, 1.807) is 41.3 Å². The van der Waals surface area contributed by atoms with Crippen LogP contribution in [0.3, 0.4) is 0 Å². The monoisotopic (exact) mass is 628 g/mol. The van der Waals surface area contributed by atoms with Gasteiger partial charge in [-0.15, -0.1) is 0 Å². The van der Waals surface area contributed by atoms with Crippen molar-refractivity contribution in [1.82, 2.24) is 10.2 Å². The number of piperazine rings is 1. The van der Waals surface area contributed by atoms with Crippen molar-refractivity contribution in [3.8, 4) is 0 Å². The summed E-state index contributed by atoms with van der Waals surface area (Å²) in [4.78, 5) is 56.8. The van der Waals surface area contributed by atoms with Crippen LogP contribution in [0.5, 0.6) is 0 Å². The minimum atomic E-state index is -0.917. The van der Waals surface area contributed by atoms with Gasteiger partial charge >= 0.3 is 12.2 Å². The Morgan fingerprint density at radius 2 is 1.46 bits per heavy atom. The Labute approximate surface area is 271 Å². The molecule has 1 aliphatic heterocycles. The van der Waals surface area contributed by atoms with Crippen molar-refractivity contribution >= 4 is 35.3 Å². The van der Waals surface area contributed by atoms with Gasteiger partial charge in [-0.25, -0.2) is 9.59 Å². The second-order valence-corrected chi connectivity index (χ2v) is 12.7.